The lowest BCUT2D eigenvalue weighted by atomic mass is 9.95. The lowest BCUT2D eigenvalue weighted by Crippen LogP contribution is -2.35. The van der Waals surface area contributed by atoms with Crippen molar-refractivity contribution in [1.82, 2.24) is 5.32 Å². The molecule has 0 heterocycles. The molecule has 0 saturated heterocycles. The number of rotatable bonds is 9. The molecule has 0 aliphatic rings. The SMILES string of the molecule is CCc1ccc([C@@H](NC(=O)COc2ccc(OC)cc2[N+](=O)[O-])C(C)C)cc1. The minimum absolute atomic E-state index is 0.0225. The highest BCUT2D eigenvalue weighted by Crippen LogP contribution is 2.31. The van der Waals surface area contributed by atoms with Gasteiger partial charge in [0.25, 0.3) is 5.91 Å². The number of hydrogen-bond acceptors (Lipinski definition) is 5. The third-order valence-corrected chi connectivity index (χ3v) is 4.45. The molecule has 150 valence electrons. The van der Waals surface area contributed by atoms with Crippen LogP contribution in [0.2, 0.25) is 0 Å². The number of carbonyl (C=O) groups excluding carboxylic acids is 1. The van der Waals surface area contributed by atoms with Crippen LogP contribution in [0.15, 0.2) is 42.5 Å². The zero-order valence-electron chi connectivity index (χ0n) is 16.6. The predicted molar refractivity (Wildman–Crippen MR) is 107 cm³/mol. The standard InChI is InChI=1S/C21H26N2O5/c1-5-15-6-8-16(9-7-15)21(14(2)3)22-20(24)13-28-19-11-10-17(27-4)12-18(19)23(25)26/h6-12,14,21H,5,13H2,1-4H3,(H,22,24)/t21-/m0/s1. The van der Waals surface area contributed by atoms with Crippen LogP contribution < -0.4 is 14.8 Å². The fourth-order valence-corrected chi connectivity index (χ4v) is 2.84. The summed E-state index contributed by atoms with van der Waals surface area (Å²) >= 11 is 0. The van der Waals surface area contributed by atoms with Gasteiger partial charge in [0.1, 0.15) is 5.75 Å². The van der Waals surface area contributed by atoms with Crippen molar-refractivity contribution in [3.8, 4) is 11.5 Å². The number of nitro groups is 1. The minimum atomic E-state index is -0.567. The molecule has 2 aromatic rings. The third kappa shape index (κ3) is 5.45. The first kappa shape index (κ1) is 21.2. The van der Waals surface area contributed by atoms with Crippen LogP contribution in [0.1, 0.15) is 37.9 Å². The topological polar surface area (TPSA) is 90.7 Å². The maximum absolute atomic E-state index is 12.4. The third-order valence-electron chi connectivity index (χ3n) is 4.45. The first-order valence-corrected chi connectivity index (χ1v) is 9.19. The number of aryl methyl sites for hydroxylation is 1. The van der Waals surface area contributed by atoms with Gasteiger partial charge < -0.3 is 14.8 Å². The second-order valence-corrected chi connectivity index (χ2v) is 6.76. The fourth-order valence-electron chi connectivity index (χ4n) is 2.84. The second-order valence-electron chi connectivity index (χ2n) is 6.76. The zero-order valence-corrected chi connectivity index (χ0v) is 16.6. The maximum atomic E-state index is 12.4. The second kappa shape index (κ2) is 9.73. The van der Waals surface area contributed by atoms with E-state index in [1.807, 2.05) is 38.1 Å². The van der Waals surface area contributed by atoms with E-state index in [1.54, 1.807) is 6.07 Å². The average Bonchev–Trinajstić information content (AvgIpc) is 2.70. The smallest absolute Gasteiger partial charge is 0.314 e. The number of carbonyl (C=O) groups is 1. The number of hydrogen-bond donors (Lipinski definition) is 1. The van der Waals surface area contributed by atoms with Crippen molar-refractivity contribution in [3.63, 3.8) is 0 Å². The van der Waals surface area contributed by atoms with Crippen LogP contribution in [0.4, 0.5) is 5.69 Å². The van der Waals surface area contributed by atoms with Gasteiger partial charge in [0.15, 0.2) is 12.4 Å². The molecule has 0 bridgehead atoms. The first-order chi connectivity index (χ1) is 13.3. The minimum Gasteiger partial charge on any atom is -0.496 e. The van der Waals surface area contributed by atoms with E-state index in [9.17, 15) is 14.9 Å². The number of amides is 1. The molecule has 28 heavy (non-hydrogen) atoms. The quantitative estimate of drug-likeness (QED) is 0.518. The highest BCUT2D eigenvalue weighted by atomic mass is 16.6. The molecule has 0 saturated carbocycles. The number of nitrogens with zero attached hydrogens (tertiary/aromatic N) is 1. The molecular weight excluding hydrogens is 360 g/mol. The predicted octanol–water partition coefficient (Wildman–Crippen LogP) is 4.06. The molecule has 0 aromatic heterocycles. The molecule has 0 spiro atoms. The zero-order chi connectivity index (χ0) is 20.7. The van der Waals surface area contributed by atoms with Crippen molar-refractivity contribution in [2.75, 3.05) is 13.7 Å². The van der Waals surface area contributed by atoms with Gasteiger partial charge in [0, 0.05) is 0 Å². The van der Waals surface area contributed by atoms with Gasteiger partial charge in [-0.1, -0.05) is 45.0 Å². The van der Waals surface area contributed by atoms with E-state index >= 15 is 0 Å². The summed E-state index contributed by atoms with van der Waals surface area (Å²) in [6.07, 6.45) is 0.952. The van der Waals surface area contributed by atoms with E-state index in [1.165, 1.54) is 24.8 Å². The Morgan fingerprint density at radius 3 is 2.39 bits per heavy atom. The monoisotopic (exact) mass is 386 g/mol. The Bertz CT molecular complexity index is 818. The van der Waals surface area contributed by atoms with Crippen molar-refractivity contribution in [2.45, 2.75) is 33.2 Å². The Morgan fingerprint density at radius 2 is 1.86 bits per heavy atom. The summed E-state index contributed by atoms with van der Waals surface area (Å²) < 4.78 is 10.4. The van der Waals surface area contributed by atoms with Crippen molar-refractivity contribution >= 4 is 11.6 Å². The number of methoxy groups -OCH3 is 1. The summed E-state index contributed by atoms with van der Waals surface area (Å²) in [6, 6.07) is 12.2. The van der Waals surface area contributed by atoms with Gasteiger partial charge in [0.2, 0.25) is 0 Å². The van der Waals surface area contributed by atoms with Gasteiger partial charge in [-0.2, -0.15) is 0 Å². The Labute approximate surface area is 164 Å². The summed E-state index contributed by atoms with van der Waals surface area (Å²) in [5.41, 5.74) is 1.99. The number of benzene rings is 2. The van der Waals surface area contributed by atoms with E-state index in [0.29, 0.717) is 5.75 Å². The summed E-state index contributed by atoms with van der Waals surface area (Å²) in [6.45, 7) is 5.82. The van der Waals surface area contributed by atoms with Crippen molar-refractivity contribution in [3.05, 3.63) is 63.7 Å². The Kier molecular flexibility index (Phi) is 7.37. The van der Waals surface area contributed by atoms with E-state index < -0.39 is 4.92 Å². The van der Waals surface area contributed by atoms with Gasteiger partial charge >= 0.3 is 5.69 Å². The van der Waals surface area contributed by atoms with E-state index in [-0.39, 0.29) is 35.9 Å². The molecule has 0 aliphatic heterocycles. The molecule has 0 unspecified atom stereocenters. The molecule has 7 heteroatoms. The number of nitro benzene ring substituents is 1. The van der Waals surface area contributed by atoms with Gasteiger partial charge in [0.05, 0.1) is 24.1 Å². The van der Waals surface area contributed by atoms with Gasteiger partial charge in [-0.3, -0.25) is 14.9 Å². The van der Waals surface area contributed by atoms with E-state index in [0.717, 1.165) is 12.0 Å². The summed E-state index contributed by atoms with van der Waals surface area (Å²) in [5, 5.41) is 14.2. The van der Waals surface area contributed by atoms with Crippen LogP contribution in [0.3, 0.4) is 0 Å². The van der Waals surface area contributed by atoms with Crippen LogP contribution in [0.5, 0.6) is 11.5 Å². The van der Waals surface area contributed by atoms with E-state index in [2.05, 4.69) is 12.2 Å². The molecule has 1 atom stereocenters. The molecule has 2 aromatic carbocycles. The highest BCUT2D eigenvalue weighted by Gasteiger charge is 2.21. The number of nitrogens with one attached hydrogen (secondary N) is 1. The van der Waals surface area contributed by atoms with Crippen LogP contribution in [0.25, 0.3) is 0 Å². The molecule has 0 fully saturated rings. The molecule has 1 N–H and O–H groups in total. The summed E-state index contributed by atoms with van der Waals surface area (Å²) in [4.78, 5) is 23.0. The molecule has 0 radical (unpaired) electrons. The van der Waals surface area contributed by atoms with Crippen molar-refractivity contribution in [2.24, 2.45) is 5.92 Å². The Balaban J connectivity index is 2.06. The largest absolute Gasteiger partial charge is 0.496 e. The lowest BCUT2D eigenvalue weighted by Gasteiger charge is -2.23. The average molecular weight is 386 g/mol. The molecule has 7 nitrogen and oxygen atoms in total. The molecule has 1 amide bonds. The number of ether oxygens (including phenoxy) is 2. The van der Waals surface area contributed by atoms with Crippen LogP contribution in [0, 0.1) is 16.0 Å². The Morgan fingerprint density at radius 1 is 1.18 bits per heavy atom. The fraction of sp³-hybridized carbons (Fsp3) is 0.381. The van der Waals surface area contributed by atoms with Crippen LogP contribution >= 0.6 is 0 Å². The normalized spacial score (nSPS) is 11.8. The van der Waals surface area contributed by atoms with E-state index in [4.69, 9.17) is 9.47 Å². The van der Waals surface area contributed by atoms with Gasteiger partial charge in [-0.05, 0) is 35.6 Å². The van der Waals surface area contributed by atoms with Crippen molar-refractivity contribution in [1.29, 1.82) is 0 Å². The van der Waals surface area contributed by atoms with Gasteiger partial charge in [-0.15, -0.1) is 0 Å². The van der Waals surface area contributed by atoms with Crippen molar-refractivity contribution < 1.29 is 19.2 Å². The highest BCUT2D eigenvalue weighted by molar-refractivity contribution is 5.78. The Hall–Kier alpha value is -3.09. The lowest BCUT2D eigenvalue weighted by molar-refractivity contribution is -0.385. The molecular formula is C21H26N2O5. The summed E-state index contributed by atoms with van der Waals surface area (Å²) in [7, 11) is 1.42. The first-order valence-electron chi connectivity index (χ1n) is 9.19. The molecule has 0 aliphatic carbocycles. The van der Waals surface area contributed by atoms with Gasteiger partial charge in [-0.25, -0.2) is 0 Å². The summed E-state index contributed by atoms with van der Waals surface area (Å²) in [5.74, 6) is 0.198. The maximum Gasteiger partial charge on any atom is 0.314 e. The molecule has 2 rings (SSSR count). The van der Waals surface area contributed by atoms with Crippen LogP contribution in [-0.2, 0) is 11.2 Å². The van der Waals surface area contributed by atoms with Crippen LogP contribution in [-0.4, -0.2) is 24.5 Å².